The third kappa shape index (κ3) is 7.00. The van der Waals surface area contributed by atoms with Gasteiger partial charge in [-0.3, -0.25) is 4.90 Å². The standard InChI is InChI=1S/C43H48N8S/c1-25(2)51-41(32(24-44)40(49-51)43(9,10)11)48-47-38-31(8)23-36(45-34(38)22-30(7)37-26(3)16-14-17-27(37)4)50(39-28(5)18-15-19-29(39)6)42-46-33-20-12-13-21-35(33)52-42/h13-19,21,23,30H,1,12,20,22H2,2-11H3. The second-order valence-electron chi connectivity index (χ2n) is 15.1. The van der Waals surface area contributed by atoms with Gasteiger partial charge in [-0.05, 0) is 112 Å². The zero-order chi connectivity index (χ0) is 37.5. The molecule has 0 radical (unpaired) electrons. The van der Waals surface area contributed by atoms with Gasteiger partial charge in [-0.25, -0.2) is 14.6 Å². The van der Waals surface area contributed by atoms with Gasteiger partial charge in [0.15, 0.2) is 10.9 Å². The number of fused-ring (bicyclic) bond motifs is 1. The maximum Gasteiger partial charge on any atom is 0.196 e. The molecule has 1 unspecified atom stereocenters. The Hall–Kier alpha value is -5.20. The van der Waals surface area contributed by atoms with E-state index in [0.29, 0.717) is 34.9 Å². The zero-order valence-electron chi connectivity index (χ0n) is 32.1. The van der Waals surface area contributed by atoms with E-state index in [1.807, 2.05) is 27.7 Å². The highest BCUT2D eigenvalue weighted by Gasteiger charge is 2.29. The molecule has 6 rings (SSSR count). The summed E-state index contributed by atoms with van der Waals surface area (Å²) >= 11 is 1.70. The van der Waals surface area contributed by atoms with Gasteiger partial charge in [0.05, 0.1) is 27.6 Å². The van der Waals surface area contributed by atoms with E-state index in [1.54, 1.807) is 16.0 Å². The summed E-state index contributed by atoms with van der Waals surface area (Å²) in [4.78, 5) is 14.1. The minimum atomic E-state index is -0.372. The smallest absolute Gasteiger partial charge is 0.196 e. The summed E-state index contributed by atoms with van der Waals surface area (Å²) in [6, 6.07) is 17.3. The molecule has 0 saturated heterocycles. The van der Waals surface area contributed by atoms with E-state index in [1.165, 1.54) is 21.6 Å². The van der Waals surface area contributed by atoms with Gasteiger partial charge < -0.3 is 0 Å². The van der Waals surface area contributed by atoms with Crippen molar-refractivity contribution in [1.82, 2.24) is 19.7 Å². The summed E-state index contributed by atoms with van der Waals surface area (Å²) in [7, 11) is 0. The molecule has 0 amide bonds. The molecule has 0 aliphatic heterocycles. The number of rotatable bonds is 9. The van der Waals surface area contributed by atoms with Crippen molar-refractivity contribution in [2.45, 2.75) is 99.8 Å². The van der Waals surface area contributed by atoms with Gasteiger partial charge in [0.2, 0.25) is 0 Å². The summed E-state index contributed by atoms with van der Waals surface area (Å²) in [5, 5.41) is 25.7. The monoisotopic (exact) mass is 708 g/mol. The predicted octanol–water partition coefficient (Wildman–Crippen LogP) is 12.1. The molecule has 52 heavy (non-hydrogen) atoms. The molecule has 266 valence electrons. The van der Waals surface area contributed by atoms with E-state index in [-0.39, 0.29) is 11.3 Å². The molecule has 0 spiro atoms. The zero-order valence-corrected chi connectivity index (χ0v) is 32.9. The first-order valence-corrected chi connectivity index (χ1v) is 18.7. The second-order valence-corrected chi connectivity index (χ2v) is 16.1. The Bertz CT molecular complexity index is 2250. The minimum Gasteiger partial charge on any atom is -0.270 e. The third-order valence-corrected chi connectivity index (χ3v) is 10.7. The lowest BCUT2D eigenvalue weighted by Crippen LogP contribution is -2.16. The van der Waals surface area contributed by atoms with Gasteiger partial charge in [0.25, 0.3) is 0 Å². The molecular formula is C43H48N8S. The fourth-order valence-electron chi connectivity index (χ4n) is 7.23. The Kier molecular flexibility index (Phi) is 10.2. The van der Waals surface area contributed by atoms with Crippen molar-refractivity contribution in [2.75, 3.05) is 4.90 Å². The lowest BCUT2D eigenvalue weighted by molar-refractivity contribution is 0.560. The lowest BCUT2D eigenvalue weighted by atomic mass is 9.88. The molecule has 0 bridgehead atoms. The highest BCUT2D eigenvalue weighted by Crippen LogP contribution is 2.44. The molecule has 0 saturated carbocycles. The van der Waals surface area contributed by atoms with E-state index < -0.39 is 0 Å². The molecule has 0 N–H and O–H groups in total. The van der Waals surface area contributed by atoms with E-state index >= 15 is 0 Å². The van der Waals surface area contributed by atoms with Crippen LogP contribution in [0.25, 0.3) is 11.8 Å². The fourth-order valence-corrected chi connectivity index (χ4v) is 8.29. The Morgan fingerprint density at radius 3 is 2.25 bits per heavy atom. The number of para-hydroxylation sites is 1. The van der Waals surface area contributed by atoms with Gasteiger partial charge in [-0.15, -0.1) is 10.2 Å². The van der Waals surface area contributed by atoms with Crippen molar-refractivity contribution < 1.29 is 0 Å². The molecule has 3 aromatic heterocycles. The van der Waals surface area contributed by atoms with Crippen LogP contribution >= 0.6 is 11.3 Å². The topological polar surface area (TPSA) is 95.3 Å². The van der Waals surface area contributed by atoms with Crippen LogP contribution in [-0.4, -0.2) is 19.7 Å². The largest absolute Gasteiger partial charge is 0.270 e. The molecule has 2 aromatic carbocycles. The predicted molar refractivity (Wildman–Crippen MR) is 215 cm³/mol. The quantitative estimate of drug-likeness (QED) is 0.142. The Balaban J connectivity index is 1.58. The van der Waals surface area contributed by atoms with Crippen molar-refractivity contribution in [3.8, 4) is 6.07 Å². The fraction of sp³-hybridized carbons (Fsp3) is 0.349. The minimum absolute atomic E-state index is 0.145. The number of thiazole rings is 1. The van der Waals surface area contributed by atoms with Crippen LogP contribution in [0.3, 0.4) is 0 Å². The molecule has 0 fully saturated rings. The maximum absolute atomic E-state index is 10.3. The van der Waals surface area contributed by atoms with Gasteiger partial charge in [-0.2, -0.15) is 10.4 Å². The summed E-state index contributed by atoms with van der Waals surface area (Å²) < 4.78 is 1.63. The highest BCUT2D eigenvalue weighted by atomic mass is 32.1. The molecule has 1 atom stereocenters. The molecule has 1 aliphatic carbocycles. The normalized spacial score (nSPS) is 13.3. The maximum atomic E-state index is 10.3. The Morgan fingerprint density at radius 1 is 1.00 bits per heavy atom. The van der Waals surface area contributed by atoms with Crippen molar-refractivity contribution >= 4 is 51.3 Å². The highest BCUT2D eigenvalue weighted by molar-refractivity contribution is 7.16. The van der Waals surface area contributed by atoms with E-state index in [4.69, 9.17) is 25.3 Å². The van der Waals surface area contributed by atoms with Crippen LogP contribution in [0.15, 0.2) is 65.3 Å². The molecule has 9 heteroatoms. The molecule has 8 nitrogen and oxygen atoms in total. The van der Waals surface area contributed by atoms with E-state index in [2.05, 4.69) is 114 Å². The van der Waals surface area contributed by atoms with Crippen LogP contribution in [-0.2, 0) is 18.3 Å². The molecule has 5 aromatic rings. The van der Waals surface area contributed by atoms with Crippen LogP contribution in [0.1, 0.15) is 108 Å². The first kappa shape index (κ1) is 36.6. The van der Waals surface area contributed by atoms with E-state index in [0.717, 1.165) is 57.6 Å². The number of aromatic nitrogens is 4. The van der Waals surface area contributed by atoms with Crippen molar-refractivity contribution in [1.29, 1.82) is 5.26 Å². The average Bonchev–Trinajstić information content (AvgIpc) is 3.68. The van der Waals surface area contributed by atoms with Crippen molar-refractivity contribution in [3.05, 3.63) is 116 Å². The number of hydrogen-bond donors (Lipinski definition) is 0. The van der Waals surface area contributed by atoms with Crippen LogP contribution in [0.4, 0.5) is 28.1 Å². The first-order chi connectivity index (χ1) is 24.7. The number of hydrogen-bond acceptors (Lipinski definition) is 8. The number of nitrogens with zero attached hydrogens (tertiary/aromatic N) is 8. The number of azo groups is 1. The van der Waals surface area contributed by atoms with Gasteiger partial charge in [-0.1, -0.05) is 88.1 Å². The number of pyridine rings is 1. The second kappa shape index (κ2) is 14.4. The number of anilines is 3. The lowest BCUT2D eigenvalue weighted by Gasteiger charge is -2.27. The van der Waals surface area contributed by atoms with Crippen LogP contribution in [0.5, 0.6) is 0 Å². The van der Waals surface area contributed by atoms with E-state index in [9.17, 15) is 5.26 Å². The summed E-state index contributed by atoms with van der Waals surface area (Å²) in [5.41, 5.74) is 12.1. The summed E-state index contributed by atoms with van der Waals surface area (Å²) in [6.07, 6.45) is 6.97. The Labute approximate surface area is 312 Å². The first-order valence-electron chi connectivity index (χ1n) is 17.9. The van der Waals surface area contributed by atoms with Gasteiger partial charge in [0, 0.05) is 11.1 Å². The number of benzene rings is 2. The van der Waals surface area contributed by atoms with Crippen LogP contribution in [0, 0.1) is 45.9 Å². The van der Waals surface area contributed by atoms with Crippen molar-refractivity contribution in [3.63, 3.8) is 0 Å². The average molecular weight is 709 g/mol. The summed E-state index contributed by atoms with van der Waals surface area (Å²) in [6.45, 7) is 25.0. The Morgan fingerprint density at radius 2 is 1.65 bits per heavy atom. The van der Waals surface area contributed by atoms with Gasteiger partial charge in [0.1, 0.15) is 23.1 Å². The summed E-state index contributed by atoms with van der Waals surface area (Å²) in [5.74, 6) is 1.30. The third-order valence-electron chi connectivity index (χ3n) is 9.68. The van der Waals surface area contributed by atoms with Crippen LogP contribution < -0.4 is 4.90 Å². The molecule has 1 aliphatic rings. The van der Waals surface area contributed by atoms with Crippen LogP contribution in [0.2, 0.25) is 0 Å². The van der Waals surface area contributed by atoms with Gasteiger partial charge >= 0.3 is 0 Å². The molecule has 3 heterocycles. The number of aryl methyl sites for hydroxylation is 6. The number of allylic oxidation sites excluding steroid dienone is 2. The number of nitriles is 1. The molecular weight excluding hydrogens is 661 g/mol. The SMILES string of the molecule is C=C(C)n1nc(C(C)(C)C)c(C#N)c1N=Nc1c(C)cc(N(c2nc3c(s2)C=CCC3)c2c(C)cccc2C)nc1CC(C)c1c(C)cccc1C. The van der Waals surface area contributed by atoms with Crippen molar-refractivity contribution in [2.24, 2.45) is 10.2 Å².